The lowest BCUT2D eigenvalue weighted by atomic mass is 10.0. The molecule has 0 radical (unpaired) electrons. The monoisotopic (exact) mass is 495 g/mol. The molecule has 11 heteroatoms. The van der Waals surface area contributed by atoms with Gasteiger partial charge in [-0.1, -0.05) is 18.7 Å². The zero-order valence-electron chi connectivity index (χ0n) is 20.0. The molecule has 2 aliphatic rings. The highest BCUT2D eigenvalue weighted by molar-refractivity contribution is 6.03. The first kappa shape index (κ1) is 22.8. The van der Waals surface area contributed by atoms with Crippen LogP contribution in [0.2, 0.25) is 0 Å². The smallest absolute Gasteiger partial charge is 0.275 e. The van der Waals surface area contributed by atoms with E-state index in [1.165, 1.54) is 31.0 Å². The van der Waals surface area contributed by atoms with Crippen LogP contribution in [0, 0.1) is 11.8 Å². The summed E-state index contributed by atoms with van der Waals surface area (Å²) in [6, 6.07) is 7.53. The van der Waals surface area contributed by atoms with Crippen molar-refractivity contribution in [3.05, 3.63) is 67.5 Å². The number of hydrogen-bond donors (Lipinski definition) is 2. The van der Waals surface area contributed by atoms with Gasteiger partial charge in [0.2, 0.25) is 5.91 Å². The van der Waals surface area contributed by atoms with Crippen LogP contribution in [0.3, 0.4) is 0 Å². The Balaban J connectivity index is 1.27. The van der Waals surface area contributed by atoms with Crippen molar-refractivity contribution in [1.82, 2.24) is 34.6 Å². The molecule has 1 aromatic carbocycles. The summed E-state index contributed by atoms with van der Waals surface area (Å²) >= 11 is 0. The highest BCUT2D eigenvalue weighted by Gasteiger charge is 2.43. The molecule has 1 aliphatic carbocycles. The largest absolute Gasteiger partial charge is 0.383 e. The van der Waals surface area contributed by atoms with Gasteiger partial charge in [-0.3, -0.25) is 14.6 Å². The van der Waals surface area contributed by atoms with Crippen molar-refractivity contribution in [3.8, 4) is 11.3 Å². The number of amides is 2. The molecule has 1 saturated carbocycles. The van der Waals surface area contributed by atoms with Crippen LogP contribution >= 0.6 is 0 Å². The minimum absolute atomic E-state index is 0.00498. The predicted octanol–water partition coefficient (Wildman–Crippen LogP) is 2.71. The molecule has 4 heterocycles. The summed E-state index contributed by atoms with van der Waals surface area (Å²) in [7, 11) is 0. The molecule has 1 saturated heterocycles. The first-order chi connectivity index (χ1) is 18.0. The molecule has 3 N–H and O–H groups in total. The van der Waals surface area contributed by atoms with Crippen molar-refractivity contribution in [3.63, 3.8) is 0 Å². The molecule has 0 bridgehead atoms. The normalized spacial score (nSPS) is 20.6. The molecule has 2 unspecified atom stereocenters. The van der Waals surface area contributed by atoms with Gasteiger partial charge in [0, 0.05) is 36.7 Å². The molecule has 186 valence electrons. The van der Waals surface area contributed by atoms with Crippen molar-refractivity contribution >= 4 is 34.4 Å². The molecule has 1 aliphatic heterocycles. The minimum Gasteiger partial charge on any atom is -0.383 e. The molecule has 2 fully saturated rings. The second-order valence-electron chi connectivity index (χ2n) is 9.47. The average molecular weight is 496 g/mol. The SMILES string of the molecule is C=CC(=O)N1CC2CC(n3nc(-c4ccc(NC(=O)c5cnccn5)cc4)c4c(N)ncnc43)CC2C1. The van der Waals surface area contributed by atoms with Crippen LogP contribution in [0.1, 0.15) is 29.4 Å². The van der Waals surface area contributed by atoms with E-state index in [-0.39, 0.29) is 23.6 Å². The minimum atomic E-state index is -0.339. The molecule has 3 aromatic heterocycles. The second kappa shape index (κ2) is 9.08. The Morgan fingerprint density at radius 2 is 1.81 bits per heavy atom. The molecule has 11 nitrogen and oxygen atoms in total. The third-order valence-corrected chi connectivity index (χ3v) is 7.29. The first-order valence-corrected chi connectivity index (χ1v) is 12.1. The Morgan fingerprint density at radius 1 is 1.05 bits per heavy atom. The van der Waals surface area contributed by atoms with E-state index in [9.17, 15) is 9.59 Å². The van der Waals surface area contributed by atoms with Crippen LogP contribution in [0.4, 0.5) is 11.5 Å². The van der Waals surface area contributed by atoms with E-state index in [4.69, 9.17) is 10.8 Å². The number of fused-ring (bicyclic) bond motifs is 2. The molecule has 2 atom stereocenters. The number of aromatic nitrogens is 6. The Morgan fingerprint density at radius 3 is 2.49 bits per heavy atom. The van der Waals surface area contributed by atoms with Gasteiger partial charge in [-0.05, 0) is 42.9 Å². The van der Waals surface area contributed by atoms with E-state index in [0.717, 1.165) is 31.5 Å². The fourth-order valence-electron chi connectivity index (χ4n) is 5.55. The lowest BCUT2D eigenvalue weighted by Crippen LogP contribution is -2.28. The zero-order valence-corrected chi connectivity index (χ0v) is 20.0. The average Bonchev–Trinajstić information content (AvgIpc) is 3.61. The van der Waals surface area contributed by atoms with Crippen molar-refractivity contribution in [2.45, 2.75) is 18.9 Å². The Labute approximate surface area is 212 Å². The van der Waals surface area contributed by atoms with Gasteiger partial charge in [0.15, 0.2) is 5.65 Å². The van der Waals surface area contributed by atoms with Gasteiger partial charge >= 0.3 is 0 Å². The number of nitrogen functional groups attached to an aromatic ring is 1. The number of anilines is 2. The van der Waals surface area contributed by atoms with Gasteiger partial charge < -0.3 is 16.0 Å². The van der Waals surface area contributed by atoms with Gasteiger partial charge in [-0.2, -0.15) is 5.10 Å². The van der Waals surface area contributed by atoms with Crippen molar-refractivity contribution in [2.24, 2.45) is 11.8 Å². The zero-order chi connectivity index (χ0) is 25.5. The highest BCUT2D eigenvalue weighted by Crippen LogP contribution is 2.45. The summed E-state index contributed by atoms with van der Waals surface area (Å²) < 4.78 is 1.98. The van der Waals surface area contributed by atoms with Gasteiger partial charge in [0.1, 0.15) is 23.5 Å². The van der Waals surface area contributed by atoms with Crippen LogP contribution in [0.15, 0.2) is 61.8 Å². The number of carbonyl (C=O) groups excluding carboxylic acids is 2. The predicted molar refractivity (Wildman–Crippen MR) is 137 cm³/mol. The molecule has 2 amide bonds. The van der Waals surface area contributed by atoms with E-state index in [2.05, 4.69) is 31.8 Å². The van der Waals surface area contributed by atoms with Crippen LogP contribution in [0.5, 0.6) is 0 Å². The maximum absolute atomic E-state index is 12.4. The third-order valence-electron chi connectivity index (χ3n) is 7.29. The number of benzene rings is 1. The number of hydrogen-bond acceptors (Lipinski definition) is 8. The van der Waals surface area contributed by atoms with E-state index >= 15 is 0 Å². The summed E-state index contributed by atoms with van der Waals surface area (Å²) in [4.78, 5) is 43.0. The van der Waals surface area contributed by atoms with Gasteiger partial charge in [-0.25, -0.2) is 19.6 Å². The Hall–Kier alpha value is -4.67. The standard InChI is InChI=1S/C26H25N9O2/c1-2-21(36)34-12-16-9-19(10-17(16)13-34)35-25-22(24(27)30-14-31-25)23(33-35)15-3-5-18(6-4-15)32-26(37)20-11-28-7-8-29-20/h2-8,11,14,16-17,19H,1,9-10,12-13H2,(H,32,37)(H2,27,30,31). The third kappa shape index (κ3) is 4.07. The van der Waals surface area contributed by atoms with Gasteiger partial charge in [0.05, 0.1) is 17.6 Å². The number of likely N-dealkylation sites (tertiary alicyclic amines) is 1. The van der Waals surface area contributed by atoms with Crippen molar-refractivity contribution < 1.29 is 9.59 Å². The summed E-state index contributed by atoms with van der Waals surface area (Å²) in [6.07, 6.45) is 9.08. The summed E-state index contributed by atoms with van der Waals surface area (Å²) in [5, 5.41) is 8.50. The van der Waals surface area contributed by atoms with E-state index < -0.39 is 0 Å². The van der Waals surface area contributed by atoms with E-state index in [1.54, 1.807) is 12.1 Å². The van der Waals surface area contributed by atoms with Crippen molar-refractivity contribution in [2.75, 3.05) is 24.1 Å². The van der Waals surface area contributed by atoms with Crippen LogP contribution in [-0.4, -0.2) is 59.5 Å². The van der Waals surface area contributed by atoms with Crippen molar-refractivity contribution in [1.29, 1.82) is 0 Å². The van der Waals surface area contributed by atoms with Gasteiger partial charge in [0.25, 0.3) is 5.91 Å². The summed E-state index contributed by atoms with van der Waals surface area (Å²) in [6.45, 7) is 5.11. The molecule has 4 aromatic rings. The topological polar surface area (TPSA) is 145 Å². The van der Waals surface area contributed by atoms with Gasteiger partial charge in [-0.15, -0.1) is 0 Å². The highest BCUT2D eigenvalue weighted by atomic mass is 16.2. The summed E-state index contributed by atoms with van der Waals surface area (Å²) in [5.74, 6) is 0.871. The Kier molecular flexibility index (Phi) is 5.59. The number of rotatable bonds is 5. The second-order valence-corrected chi connectivity index (χ2v) is 9.47. The quantitative estimate of drug-likeness (QED) is 0.402. The van der Waals surface area contributed by atoms with E-state index in [0.29, 0.717) is 40.1 Å². The molecule has 6 rings (SSSR count). The number of nitrogens with two attached hydrogens (primary N) is 1. The number of carbonyl (C=O) groups is 2. The van der Waals surface area contributed by atoms with Crippen LogP contribution < -0.4 is 11.1 Å². The fraction of sp³-hybridized carbons (Fsp3) is 0.269. The molecule has 0 spiro atoms. The fourth-order valence-corrected chi connectivity index (χ4v) is 5.55. The van der Waals surface area contributed by atoms with E-state index in [1.807, 2.05) is 21.7 Å². The van der Waals surface area contributed by atoms with Crippen LogP contribution in [0.25, 0.3) is 22.3 Å². The lowest BCUT2D eigenvalue weighted by Gasteiger charge is -2.18. The first-order valence-electron chi connectivity index (χ1n) is 12.1. The maximum atomic E-state index is 12.4. The maximum Gasteiger partial charge on any atom is 0.275 e. The molecule has 37 heavy (non-hydrogen) atoms. The number of nitrogens with zero attached hydrogens (tertiary/aromatic N) is 7. The summed E-state index contributed by atoms with van der Waals surface area (Å²) in [5.41, 5.74) is 9.39. The molecular formula is C26H25N9O2. The van der Waals surface area contributed by atoms with Crippen LogP contribution in [-0.2, 0) is 4.79 Å². The lowest BCUT2D eigenvalue weighted by molar-refractivity contribution is -0.125. The number of nitrogens with one attached hydrogen (secondary N) is 1. The Bertz CT molecular complexity index is 1490. The molecular weight excluding hydrogens is 470 g/mol.